The number of amides is 1. The van der Waals surface area contributed by atoms with Gasteiger partial charge >= 0.3 is 11.7 Å². The molecule has 1 aromatic heterocycles. The number of carbonyl (C=O) groups is 2. The molecule has 236 valence electrons. The molecular formula is C31H56N4O6. The molecule has 2 rings (SSSR count). The third-order valence-electron chi connectivity index (χ3n) is 7.63. The van der Waals surface area contributed by atoms with Crippen molar-refractivity contribution in [3.8, 4) is 0 Å². The highest BCUT2D eigenvalue weighted by atomic mass is 16.5. The van der Waals surface area contributed by atoms with E-state index in [0.717, 1.165) is 0 Å². The van der Waals surface area contributed by atoms with Gasteiger partial charge in [0.05, 0.1) is 19.1 Å². The normalized spacial score (nSPS) is 19.9. The molecule has 1 amide bonds. The van der Waals surface area contributed by atoms with Crippen molar-refractivity contribution in [3.05, 3.63) is 22.7 Å². The number of aliphatic hydroxyl groups is 1. The molecule has 1 fully saturated rings. The number of anilines is 1. The number of aliphatic hydroxyl groups excluding tert-OH is 1. The van der Waals surface area contributed by atoms with Crippen molar-refractivity contribution >= 4 is 17.7 Å². The second-order valence-electron chi connectivity index (χ2n) is 11.1. The summed E-state index contributed by atoms with van der Waals surface area (Å²) in [5, 5.41) is 14.6. The zero-order valence-corrected chi connectivity index (χ0v) is 26.2. The molecule has 1 aliphatic heterocycles. The Morgan fingerprint density at radius 3 is 2.00 bits per heavy atom. The van der Waals surface area contributed by atoms with E-state index < -0.39 is 30.4 Å². The van der Waals surface area contributed by atoms with Crippen LogP contribution < -0.4 is 16.3 Å². The molecular weight excluding hydrogens is 524 g/mol. The van der Waals surface area contributed by atoms with E-state index in [2.05, 4.69) is 29.5 Å². The van der Waals surface area contributed by atoms with Gasteiger partial charge in [-0.05, 0) is 19.0 Å². The Bertz CT molecular complexity index is 897. The molecule has 4 atom stereocenters. The van der Waals surface area contributed by atoms with Gasteiger partial charge in [-0.25, -0.2) is 4.79 Å². The first kappa shape index (κ1) is 36.7. The van der Waals surface area contributed by atoms with Gasteiger partial charge in [0.25, 0.3) is 5.91 Å². The fraction of sp³-hybridized carbons (Fsp3) is 0.806. The van der Waals surface area contributed by atoms with Gasteiger partial charge in [-0.2, -0.15) is 4.98 Å². The van der Waals surface area contributed by atoms with Gasteiger partial charge < -0.3 is 25.2 Å². The smallest absolute Gasteiger partial charge is 0.351 e. The number of hydrogen-bond donors (Lipinski definition) is 3. The summed E-state index contributed by atoms with van der Waals surface area (Å²) in [5.41, 5.74) is -0.582. The first-order chi connectivity index (χ1) is 19.8. The number of rotatable bonds is 19. The fourth-order valence-electron chi connectivity index (χ4n) is 4.77. The van der Waals surface area contributed by atoms with Crippen molar-refractivity contribution in [1.82, 2.24) is 14.9 Å². The third kappa shape index (κ3) is 14.9. The van der Waals surface area contributed by atoms with E-state index in [-0.39, 0.29) is 36.8 Å². The van der Waals surface area contributed by atoms with Crippen LogP contribution in [-0.2, 0) is 19.1 Å². The highest BCUT2D eigenvalue weighted by Gasteiger charge is 2.40. The molecule has 0 spiro atoms. The Kier molecular flexibility index (Phi) is 20.0. The van der Waals surface area contributed by atoms with Gasteiger partial charge in [0.15, 0.2) is 6.61 Å². The number of aromatic nitrogens is 2. The van der Waals surface area contributed by atoms with Gasteiger partial charge in [0.1, 0.15) is 12.0 Å². The van der Waals surface area contributed by atoms with Crippen molar-refractivity contribution in [2.75, 3.05) is 32.1 Å². The van der Waals surface area contributed by atoms with Crippen LogP contribution in [0.25, 0.3) is 0 Å². The summed E-state index contributed by atoms with van der Waals surface area (Å²) in [6, 6.07) is 1.47. The summed E-state index contributed by atoms with van der Waals surface area (Å²) < 4.78 is 11.9. The van der Waals surface area contributed by atoms with Gasteiger partial charge in [-0.1, -0.05) is 105 Å². The van der Waals surface area contributed by atoms with Crippen molar-refractivity contribution < 1.29 is 24.2 Å². The number of hydrogen-bond acceptors (Lipinski definition) is 8. The predicted molar refractivity (Wildman–Crippen MR) is 163 cm³/mol. The summed E-state index contributed by atoms with van der Waals surface area (Å²) in [6.45, 7) is 8.35. The highest BCUT2D eigenvalue weighted by Crippen LogP contribution is 2.37. The van der Waals surface area contributed by atoms with Gasteiger partial charge in [-0.3, -0.25) is 14.2 Å². The minimum absolute atomic E-state index is 0.0131. The van der Waals surface area contributed by atoms with Gasteiger partial charge in [0.2, 0.25) is 0 Å². The number of nitrogens with one attached hydrogen (secondary N) is 2. The number of ether oxygens (including phenoxy) is 2. The van der Waals surface area contributed by atoms with Crippen LogP contribution in [0.3, 0.4) is 0 Å². The number of unbranched alkanes of at least 4 members (excludes halogenated alkanes) is 11. The lowest BCUT2D eigenvalue weighted by Crippen LogP contribution is -2.31. The van der Waals surface area contributed by atoms with Crippen molar-refractivity contribution in [2.45, 2.75) is 123 Å². The molecule has 2 heterocycles. The predicted octanol–water partition coefficient (Wildman–Crippen LogP) is 5.20. The molecule has 1 aromatic rings. The monoisotopic (exact) mass is 580 g/mol. The Balaban J connectivity index is 0.000000509. The molecule has 0 aliphatic carbocycles. The largest absolute Gasteiger partial charge is 0.456 e. The molecule has 3 N–H and O–H groups in total. The second kappa shape index (κ2) is 22.3. The maximum absolute atomic E-state index is 12.3. The SMILES string of the molecule is CCCCCCCCCCCCCC.CNCCC(=O)OCC(=O)Nc1ccn(C2OC(CO)C(C)C2C)c(=O)n1. The van der Waals surface area contributed by atoms with E-state index in [4.69, 9.17) is 9.47 Å². The van der Waals surface area contributed by atoms with Crippen LogP contribution in [0.1, 0.15) is 117 Å². The first-order valence-electron chi connectivity index (χ1n) is 15.7. The molecule has 10 nitrogen and oxygen atoms in total. The van der Waals surface area contributed by atoms with E-state index in [0.29, 0.717) is 6.54 Å². The highest BCUT2D eigenvalue weighted by molar-refractivity contribution is 5.91. The summed E-state index contributed by atoms with van der Waals surface area (Å²) >= 11 is 0. The number of esters is 1. The van der Waals surface area contributed by atoms with Crippen LogP contribution in [0, 0.1) is 11.8 Å². The zero-order valence-electron chi connectivity index (χ0n) is 26.2. The van der Waals surface area contributed by atoms with Crippen molar-refractivity contribution in [1.29, 1.82) is 0 Å². The van der Waals surface area contributed by atoms with E-state index in [1.165, 1.54) is 93.9 Å². The average Bonchev–Trinajstić information content (AvgIpc) is 3.25. The van der Waals surface area contributed by atoms with Crippen LogP contribution in [0.15, 0.2) is 17.1 Å². The Morgan fingerprint density at radius 2 is 1.54 bits per heavy atom. The van der Waals surface area contributed by atoms with Crippen LogP contribution in [0.5, 0.6) is 0 Å². The summed E-state index contributed by atoms with van der Waals surface area (Å²) in [7, 11) is 1.70. The first-order valence-corrected chi connectivity index (χ1v) is 15.7. The van der Waals surface area contributed by atoms with Crippen LogP contribution >= 0.6 is 0 Å². The Labute approximate surface area is 247 Å². The molecule has 41 heavy (non-hydrogen) atoms. The van der Waals surface area contributed by atoms with Gasteiger partial charge in [0, 0.05) is 18.7 Å². The van der Waals surface area contributed by atoms with Crippen LogP contribution in [-0.4, -0.2) is 59.4 Å². The van der Waals surface area contributed by atoms with Crippen LogP contribution in [0.4, 0.5) is 5.82 Å². The maximum atomic E-state index is 12.3. The summed E-state index contributed by atoms with van der Waals surface area (Å²) in [6.07, 6.45) is 18.2. The minimum atomic E-state index is -0.586. The Morgan fingerprint density at radius 1 is 0.976 bits per heavy atom. The average molecular weight is 581 g/mol. The molecule has 10 heteroatoms. The standard InChI is InChI=1S/C17H26N4O6.C14H30/c1-10-11(2)16(27-12(10)8-22)21-7-5-13(20-17(21)25)19-14(23)9-26-15(24)4-6-18-3;1-3-5-7-9-11-13-14-12-10-8-6-4-2/h5,7,10-12,16,18,22H,4,6,8-9H2,1-3H3,(H,19,20,23,25);3-14H2,1-2H3. The van der Waals surface area contributed by atoms with E-state index in [1.54, 1.807) is 7.05 Å². The summed E-state index contributed by atoms with van der Waals surface area (Å²) in [5.74, 6) is -0.923. The molecule has 0 aromatic carbocycles. The van der Waals surface area contributed by atoms with Crippen molar-refractivity contribution in [3.63, 3.8) is 0 Å². The van der Waals surface area contributed by atoms with E-state index >= 15 is 0 Å². The van der Waals surface area contributed by atoms with Gasteiger partial charge in [-0.15, -0.1) is 0 Å². The zero-order chi connectivity index (χ0) is 30.5. The lowest BCUT2D eigenvalue weighted by atomic mass is 9.93. The number of carbonyl (C=O) groups excluding carboxylic acids is 2. The van der Waals surface area contributed by atoms with Crippen LogP contribution in [0.2, 0.25) is 0 Å². The molecule has 0 bridgehead atoms. The van der Waals surface area contributed by atoms with E-state index in [9.17, 15) is 19.5 Å². The lowest BCUT2D eigenvalue weighted by Gasteiger charge is -2.18. The van der Waals surface area contributed by atoms with Crippen molar-refractivity contribution in [2.24, 2.45) is 11.8 Å². The molecule has 4 unspecified atom stereocenters. The number of nitrogens with zero attached hydrogens (tertiary/aromatic N) is 2. The Hall–Kier alpha value is -2.30. The molecule has 1 aliphatic rings. The molecule has 1 saturated heterocycles. The second-order valence-corrected chi connectivity index (χ2v) is 11.1. The maximum Gasteiger partial charge on any atom is 0.351 e. The minimum Gasteiger partial charge on any atom is -0.456 e. The van der Waals surface area contributed by atoms with E-state index in [1.807, 2.05) is 13.8 Å². The lowest BCUT2D eigenvalue weighted by molar-refractivity contribution is -0.147. The molecule has 0 saturated carbocycles. The fourth-order valence-corrected chi connectivity index (χ4v) is 4.77. The topological polar surface area (TPSA) is 132 Å². The quantitative estimate of drug-likeness (QED) is 0.150. The summed E-state index contributed by atoms with van der Waals surface area (Å²) in [4.78, 5) is 39.3. The third-order valence-corrected chi connectivity index (χ3v) is 7.63. The molecule has 0 radical (unpaired) electrons.